The van der Waals surface area contributed by atoms with Gasteiger partial charge in [0.2, 0.25) is 11.8 Å². The van der Waals surface area contributed by atoms with E-state index in [1.165, 1.54) is 16.1 Å². The molecule has 1 atom stereocenters. The molecule has 3 amide bonds. The topological polar surface area (TPSA) is 127 Å². The van der Waals surface area contributed by atoms with Crippen molar-refractivity contribution in [1.29, 1.82) is 0 Å². The number of aromatic amines is 1. The molecule has 1 fully saturated rings. The standard InChI is InChI=1S/C29H32Cl2N8O3/c1-37(2)26(41)15-38(3)25(40)9-8-22(28-34-21-7-6-17(30)12-24(21)36-28)35-27-19-13-20(31)18(14-23(19)32-16-33-27)29(42)39-10-4-5-11-39/h6-7,12-14,16,22H,4-5,8-11,15H2,1-3H3,(H,34,36)(H,32,33,35). The molecule has 1 unspecified atom stereocenters. The lowest BCUT2D eigenvalue weighted by Crippen LogP contribution is -2.37. The highest BCUT2D eigenvalue weighted by atomic mass is 35.5. The van der Waals surface area contributed by atoms with Crippen LogP contribution in [0.3, 0.4) is 0 Å². The zero-order valence-electron chi connectivity index (χ0n) is 23.7. The molecule has 4 aromatic rings. The number of hydrogen-bond donors (Lipinski definition) is 2. The minimum Gasteiger partial charge on any atom is -0.359 e. The number of likely N-dealkylation sites (N-methyl/N-ethyl adjacent to an activating group) is 2. The van der Waals surface area contributed by atoms with E-state index in [-0.39, 0.29) is 30.7 Å². The monoisotopic (exact) mass is 610 g/mol. The van der Waals surface area contributed by atoms with Gasteiger partial charge in [-0.25, -0.2) is 15.0 Å². The molecule has 42 heavy (non-hydrogen) atoms. The first-order valence-electron chi connectivity index (χ1n) is 13.7. The Morgan fingerprint density at radius 1 is 1.02 bits per heavy atom. The molecule has 3 heterocycles. The van der Waals surface area contributed by atoms with E-state index in [4.69, 9.17) is 28.2 Å². The van der Waals surface area contributed by atoms with E-state index in [0.717, 1.165) is 23.9 Å². The number of carbonyl (C=O) groups is 3. The number of anilines is 1. The van der Waals surface area contributed by atoms with E-state index in [0.29, 0.717) is 57.7 Å². The first-order valence-corrected chi connectivity index (χ1v) is 14.5. The Morgan fingerprint density at radius 2 is 1.79 bits per heavy atom. The molecule has 0 spiro atoms. The summed E-state index contributed by atoms with van der Waals surface area (Å²) >= 11 is 12.8. The number of amides is 3. The lowest BCUT2D eigenvalue weighted by molar-refractivity contribution is -0.138. The number of likely N-dealkylation sites (tertiary alicyclic amines) is 1. The molecule has 0 bridgehead atoms. The third-order valence-electron chi connectivity index (χ3n) is 7.39. The number of halogens is 2. The van der Waals surface area contributed by atoms with E-state index in [1.807, 2.05) is 6.07 Å². The van der Waals surface area contributed by atoms with Gasteiger partial charge in [-0.3, -0.25) is 14.4 Å². The van der Waals surface area contributed by atoms with Gasteiger partial charge in [0.1, 0.15) is 18.0 Å². The number of hydrogen-bond acceptors (Lipinski definition) is 7. The highest BCUT2D eigenvalue weighted by molar-refractivity contribution is 6.35. The third kappa shape index (κ3) is 6.42. The smallest absolute Gasteiger partial charge is 0.255 e. The fraction of sp³-hybridized carbons (Fsp3) is 0.379. The first kappa shape index (κ1) is 29.5. The second-order valence-electron chi connectivity index (χ2n) is 10.6. The molecule has 13 heteroatoms. The predicted molar refractivity (Wildman–Crippen MR) is 163 cm³/mol. The van der Waals surface area contributed by atoms with E-state index in [9.17, 15) is 14.4 Å². The summed E-state index contributed by atoms with van der Waals surface area (Å²) in [7, 11) is 4.91. The molecule has 1 aliphatic heterocycles. The SMILES string of the molecule is CN(C)C(=O)CN(C)C(=O)CCC(Nc1ncnc2cc(C(=O)N3CCCC3)c(Cl)cc12)c1nc2ccc(Cl)cc2[nH]1. The van der Waals surface area contributed by atoms with Crippen LogP contribution in [0.25, 0.3) is 21.9 Å². The Balaban J connectivity index is 1.44. The quantitative estimate of drug-likeness (QED) is 0.285. The van der Waals surface area contributed by atoms with Gasteiger partial charge in [-0.1, -0.05) is 23.2 Å². The lowest BCUT2D eigenvalue weighted by Gasteiger charge is -2.22. The number of nitrogens with zero attached hydrogens (tertiary/aromatic N) is 6. The van der Waals surface area contributed by atoms with E-state index < -0.39 is 6.04 Å². The van der Waals surface area contributed by atoms with Crippen molar-refractivity contribution in [3.63, 3.8) is 0 Å². The van der Waals surface area contributed by atoms with Crippen molar-refractivity contribution in [1.82, 2.24) is 34.6 Å². The number of fused-ring (bicyclic) bond motifs is 2. The van der Waals surface area contributed by atoms with Gasteiger partial charge in [-0.05, 0) is 49.6 Å². The molecule has 2 N–H and O–H groups in total. The minimum atomic E-state index is -0.471. The van der Waals surface area contributed by atoms with Crippen LogP contribution in [-0.2, 0) is 9.59 Å². The van der Waals surface area contributed by atoms with E-state index in [2.05, 4.69) is 20.3 Å². The summed E-state index contributed by atoms with van der Waals surface area (Å²) in [6, 6.07) is 8.29. The summed E-state index contributed by atoms with van der Waals surface area (Å²) in [6.07, 6.45) is 3.87. The molecule has 0 aliphatic carbocycles. The molecule has 0 saturated carbocycles. The zero-order valence-corrected chi connectivity index (χ0v) is 25.2. The average Bonchev–Trinajstić information content (AvgIpc) is 3.65. The molecule has 0 radical (unpaired) electrons. The Morgan fingerprint density at radius 3 is 2.52 bits per heavy atom. The van der Waals surface area contributed by atoms with Crippen molar-refractivity contribution >= 4 is 68.7 Å². The van der Waals surface area contributed by atoms with Crippen LogP contribution in [0, 0.1) is 0 Å². The van der Waals surface area contributed by atoms with Gasteiger partial charge in [0.15, 0.2) is 0 Å². The average molecular weight is 612 g/mol. The van der Waals surface area contributed by atoms with Crippen LogP contribution >= 0.6 is 23.2 Å². The summed E-state index contributed by atoms with van der Waals surface area (Å²) < 4.78 is 0. The Bertz CT molecular complexity index is 1650. The van der Waals surface area contributed by atoms with Crippen LogP contribution in [0.15, 0.2) is 36.7 Å². The molecule has 1 saturated heterocycles. The van der Waals surface area contributed by atoms with Crippen LogP contribution in [0.4, 0.5) is 5.82 Å². The van der Waals surface area contributed by atoms with Crippen molar-refractivity contribution in [2.24, 2.45) is 0 Å². The van der Waals surface area contributed by atoms with Gasteiger partial charge in [-0.2, -0.15) is 0 Å². The van der Waals surface area contributed by atoms with Gasteiger partial charge in [0.05, 0.1) is 39.7 Å². The molecule has 1 aliphatic rings. The molecular formula is C29H32Cl2N8O3. The maximum atomic E-state index is 13.1. The largest absolute Gasteiger partial charge is 0.359 e. The van der Waals surface area contributed by atoms with E-state index >= 15 is 0 Å². The summed E-state index contributed by atoms with van der Waals surface area (Å²) in [5, 5.41) is 4.93. The van der Waals surface area contributed by atoms with Gasteiger partial charge in [0, 0.05) is 51.1 Å². The van der Waals surface area contributed by atoms with Crippen LogP contribution in [-0.4, -0.2) is 93.1 Å². The number of nitrogens with one attached hydrogen (secondary N) is 2. The van der Waals surface area contributed by atoms with Crippen molar-refractivity contribution in [3.05, 3.63) is 58.1 Å². The Hall–Kier alpha value is -3.96. The maximum absolute atomic E-state index is 13.1. The number of carbonyl (C=O) groups excluding carboxylic acids is 3. The maximum Gasteiger partial charge on any atom is 0.255 e. The molecule has 2 aromatic carbocycles. The number of aromatic nitrogens is 4. The molecule has 2 aromatic heterocycles. The fourth-order valence-electron chi connectivity index (χ4n) is 4.95. The summed E-state index contributed by atoms with van der Waals surface area (Å²) in [4.78, 5) is 59.8. The van der Waals surface area contributed by atoms with Crippen LogP contribution < -0.4 is 5.32 Å². The van der Waals surface area contributed by atoms with Crippen molar-refractivity contribution in [2.75, 3.05) is 46.1 Å². The van der Waals surface area contributed by atoms with Crippen molar-refractivity contribution in [3.8, 4) is 0 Å². The van der Waals surface area contributed by atoms with Crippen LogP contribution in [0.5, 0.6) is 0 Å². The van der Waals surface area contributed by atoms with Crippen LogP contribution in [0.2, 0.25) is 10.0 Å². The minimum absolute atomic E-state index is 0.0133. The molecular weight excluding hydrogens is 579 g/mol. The van der Waals surface area contributed by atoms with Gasteiger partial charge < -0.3 is 25.0 Å². The van der Waals surface area contributed by atoms with Gasteiger partial charge in [-0.15, -0.1) is 0 Å². The van der Waals surface area contributed by atoms with Crippen molar-refractivity contribution < 1.29 is 14.4 Å². The second-order valence-corrected chi connectivity index (χ2v) is 11.5. The number of imidazole rings is 1. The predicted octanol–water partition coefficient (Wildman–Crippen LogP) is 4.53. The fourth-order valence-corrected chi connectivity index (χ4v) is 5.36. The Labute approximate surface area is 253 Å². The summed E-state index contributed by atoms with van der Waals surface area (Å²) in [5.74, 6) is 0.611. The summed E-state index contributed by atoms with van der Waals surface area (Å²) in [6.45, 7) is 1.41. The van der Waals surface area contributed by atoms with Crippen LogP contribution in [0.1, 0.15) is 47.9 Å². The summed E-state index contributed by atoms with van der Waals surface area (Å²) in [5.41, 5.74) is 2.45. The lowest BCUT2D eigenvalue weighted by atomic mass is 10.1. The van der Waals surface area contributed by atoms with Crippen molar-refractivity contribution in [2.45, 2.75) is 31.7 Å². The zero-order chi connectivity index (χ0) is 30.0. The molecule has 11 nitrogen and oxygen atoms in total. The molecule has 5 rings (SSSR count). The van der Waals surface area contributed by atoms with Gasteiger partial charge >= 0.3 is 0 Å². The third-order valence-corrected chi connectivity index (χ3v) is 7.94. The first-order chi connectivity index (χ1) is 20.1. The highest BCUT2D eigenvalue weighted by Gasteiger charge is 2.25. The second kappa shape index (κ2) is 12.5. The van der Waals surface area contributed by atoms with E-state index in [1.54, 1.807) is 50.3 Å². The number of benzene rings is 2. The molecule has 220 valence electrons. The number of H-pyrrole nitrogens is 1. The highest BCUT2D eigenvalue weighted by Crippen LogP contribution is 2.32. The Kier molecular flexibility index (Phi) is 8.79. The number of rotatable bonds is 9. The van der Waals surface area contributed by atoms with Gasteiger partial charge in [0.25, 0.3) is 5.91 Å². The normalized spacial score (nSPS) is 13.9.